The molecular formula is C24H31N3O4. The standard InChI is InChI=1S/C24H31N3O4/c25-23(28)16-30-20-13-11-17(12-14-20)22-15-21(26-31-22)24(29)27(18-7-3-1-4-8-18)19-9-5-2-6-10-19/h11-15,18-19H,1-10,16H2,(H2,25,28). The Morgan fingerprint density at radius 1 is 0.968 bits per heavy atom. The molecule has 1 heterocycles. The van der Waals surface area contributed by atoms with Gasteiger partial charge in [0.2, 0.25) is 0 Å². The Balaban J connectivity index is 1.50. The Hall–Kier alpha value is -2.83. The number of amides is 2. The van der Waals surface area contributed by atoms with E-state index in [-0.39, 0.29) is 12.5 Å². The van der Waals surface area contributed by atoms with E-state index in [1.165, 1.54) is 38.5 Å². The quantitative estimate of drug-likeness (QED) is 0.712. The van der Waals surface area contributed by atoms with Crippen molar-refractivity contribution in [1.82, 2.24) is 10.1 Å². The molecule has 7 heteroatoms. The molecule has 0 bridgehead atoms. The number of primary amides is 1. The maximum Gasteiger partial charge on any atom is 0.276 e. The minimum Gasteiger partial charge on any atom is -0.484 e. The van der Waals surface area contributed by atoms with Crippen molar-refractivity contribution in [2.45, 2.75) is 76.3 Å². The number of benzene rings is 1. The predicted molar refractivity (Wildman–Crippen MR) is 117 cm³/mol. The highest BCUT2D eigenvalue weighted by atomic mass is 16.5. The third-order valence-electron chi connectivity index (χ3n) is 6.42. The molecule has 1 aromatic carbocycles. The average Bonchev–Trinajstić information content (AvgIpc) is 3.30. The number of hydrogen-bond donors (Lipinski definition) is 1. The van der Waals surface area contributed by atoms with Gasteiger partial charge >= 0.3 is 0 Å². The van der Waals surface area contributed by atoms with Crippen molar-refractivity contribution in [2.75, 3.05) is 6.61 Å². The van der Waals surface area contributed by atoms with E-state index in [1.807, 2.05) is 12.1 Å². The molecule has 2 N–H and O–H groups in total. The second kappa shape index (κ2) is 9.98. The molecule has 0 unspecified atom stereocenters. The summed E-state index contributed by atoms with van der Waals surface area (Å²) in [5.41, 5.74) is 6.27. The van der Waals surface area contributed by atoms with Crippen LogP contribution in [-0.4, -0.2) is 40.6 Å². The lowest BCUT2D eigenvalue weighted by Crippen LogP contribution is -2.48. The van der Waals surface area contributed by atoms with Gasteiger partial charge in [0.15, 0.2) is 18.1 Å². The molecule has 2 aliphatic rings. The van der Waals surface area contributed by atoms with Gasteiger partial charge in [0.05, 0.1) is 0 Å². The maximum atomic E-state index is 13.5. The maximum absolute atomic E-state index is 13.5. The van der Waals surface area contributed by atoms with E-state index in [0.717, 1.165) is 31.2 Å². The zero-order valence-electron chi connectivity index (χ0n) is 17.9. The van der Waals surface area contributed by atoms with E-state index in [9.17, 15) is 9.59 Å². The topological polar surface area (TPSA) is 98.7 Å². The molecule has 2 amide bonds. The van der Waals surface area contributed by atoms with E-state index in [2.05, 4.69) is 10.1 Å². The largest absolute Gasteiger partial charge is 0.484 e. The van der Waals surface area contributed by atoms with Gasteiger partial charge in [0.25, 0.3) is 11.8 Å². The smallest absolute Gasteiger partial charge is 0.276 e. The normalized spacial score (nSPS) is 17.9. The molecule has 0 atom stereocenters. The van der Waals surface area contributed by atoms with Crippen LogP contribution in [0, 0.1) is 0 Å². The average molecular weight is 426 g/mol. The number of aromatic nitrogens is 1. The fraction of sp³-hybridized carbons (Fsp3) is 0.542. The Labute approximate surface area is 182 Å². The monoisotopic (exact) mass is 425 g/mol. The molecule has 2 aromatic rings. The Kier molecular flexibility index (Phi) is 6.89. The number of carbonyl (C=O) groups excluding carboxylic acids is 2. The summed E-state index contributed by atoms with van der Waals surface area (Å²) in [6, 6.07) is 9.45. The van der Waals surface area contributed by atoms with Crippen molar-refractivity contribution >= 4 is 11.8 Å². The van der Waals surface area contributed by atoms with Crippen molar-refractivity contribution < 1.29 is 18.8 Å². The van der Waals surface area contributed by atoms with Gasteiger partial charge in [0.1, 0.15) is 5.75 Å². The molecule has 0 aliphatic heterocycles. The fourth-order valence-corrected chi connectivity index (χ4v) is 4.86. The first-order valence-electron chi connectivity index (χ1n) is 11.4. The van der Waals surface area contributed by atoms with Crippen LogP contribution >= 0.6 is 0 Å². The lowest BCUT2D eigenvalue weighted by atomic mass is 9.88. The van der Waals surface area contributed by atoms with Gasteiger partial charge in [0, 0.05) is 23.7 Å². The van der Waals surface area contributed by atoms with Crippen LogP contribution in [0.15, 0.2) is 34.9 Å². The first-order chi connectivity index (χ1) is 15.1. The molecule has 0 radical (unpaired) electrons. The molecule has 7 nitrogen and oxygen atoms in total. The highest BCUT2D eigenvalue weighted by molar-refractivity contribution is 5.93. The number of nitrogens with zero attached hydrogens (tertiary/aromatic N) is 2. The van der Waals surface area contributed by atoms with Crippen LogP contribution in [0.25, 0.3) is 11.3 Å². The van der Waals surface area contributed by atoms with E-state index in [0.29, 0.717) is 29.3 Å². The zero-order chi connectivity index (χ0) is 21.6. The number of ether oxygens (including phenoxy) is 1. The summed E-state index contributed by atoms with van der Waals surface area (Å²) in [7, 11) is 0. The molecule has 0 saturated heterocycles. The highest BCUT2D eigenvalue weighted by Crippen LogP contribution is 2.32. The van der Waals surface area contributed by atoms with Crippen molar-refractivity contribution in [3.8, 4) is 17.1 Å². The summed E-state index contributed by atoms with van der Waals surface area (Å²) in [6.45, 7) is -0.168. The Morgan fingerprint density at radius 3 is 2.10 bits per heavy atom. The first kappa shape index (κ1) is 21.4. The molecule has 2 aliphatic carbocycles. The SMILES string of the molecule is NC(=O)COc1ccc(-c2cc(C(=O)N(C3CCCCC3)C3CCCCC3)no2)cc1. The highest BCUT2D eigenvalue weighted by Gasteiger charge is 2.34. The van der Waals surface area contributed by atoms with E-state index in [4.69, 9.17) is 15.0 Å². The third-order valence-corrected chi connectivity index (χ3v) is 6.42. The lowest BCUT2D eigenvalue weighted by Gasteiger charge is -2.41. The van der Waals surface area contributed by atoms with Crippen molar-refractivity contribution in [3.05, 3.63) is 36.0 Å². The zero-order valence-corrected chi connectivity index (χ0v) is 17.9. The van der Waals surface area contributed by atoms with Gasteiger partial charge in [-0.2, -0.15) is 0 Å². The minimum atomic E-state index is -0.525. The van der Waals surface area contributed by atoms with Gasteiger partial charge in [-0.25, -0.2) is 0 Å². The number of hydrogen-bond acceptors (Lipinski definition) is 5. The van der Waals surface area contributed by atoms with Gasteiger partial charge < -0.3 is 19.9 Å². The van der Waals surface area contributed by atoms with Crippen LogP contribution in [0.2, 0.25) is 0 Å². The predicted octanol–water partition coefficient (Wildman–Crippen LogP) is 4.31. The van der Waals surface area contributed by atoms with Crippen molar-refractivity contribution in [1.29, 1.82) is 0 Å². The molecule has 166 valence electrons. The summed E-state index contributed by atoms with van der Waals surface area (Å²) in [6.07, 6.45) is 11.6. The number of rotatable bonds is 7. The lowest BCUT2D eigenvalue weighted by molar-refractivity contribution is -0.119. The van der Waals surface area contributed by atoms with Crippen LogP contribution in [-0.2, 0) is 4.79 Å². The van der Waals surface area contributed by atoms with E-state index >= 15 is 0 Å². The van der Waals surface area contributed by atoms with E-state index in [1.54, 1.807) is 18.2 Å². The summed E-state index contributed by atoms with van der Waals surface area (Å²) in [5, 5.41) is 4.13. The van der Waals surface area contributed by atoms with Gasteiger partial charge in [-0.05, 0) is 49.9 Å². The molecule has 2 saturated carbocycles. The first-order valence-corrected chi connectivity index (χ1v) is 11.4. The summed E-state index contributed by atoms with van der Waals surface area (Å²) in [4.78, 5) is 26.5. The summed E-state index contributed by atoms with van der Waals surface area (Å²) in [5.74, 6) is 0.550. The van der Waals surface area contributed by atoms with Crippen molar-refractivity contribution in [3.63, 3.8) is 0 Å². The Bertz CT molecular complexity index is 862. The molecule has 1 aromatic heterocycles. The van der Waals surface area contributed by atoms with Gasteiger partial charge in [-0.3, -0.25) is 9.59 Å². The number of carbonyl (C=O) groups is 2. The molecule has 4 rings (SSSR count). The molecular weight excluding hydrogens is 394 g/mol. The minimum absolute atomic E-state index is 0.00443. The van der Waals surface area contributed by atoms with Gasteiger partial charge in [-0.15, -0.1) is 0 Å². The third kappa shape index (κ3) is 5.27. The van der Waals surface area contributed by atoms with Crippen LogP contribution in [0.5, 0.6) is 5.75 Å². The van der Waals surface area contributed by atoms with Gasteiger partial charge in [-0.1, -0.05) is 43.7 Å². The molecule has 2 fully saturated rings. The molecule has 0 spiro atoms. The van der Waals surface area contributed by atoms with Crippen LogP contribution in [0.3, 0.4) is 0 Å². The summed E-state index contributed by atoms with van der Waals surface area (Å²) < 4.78 is 10.8. The van der Waals surface area contributed by atoms with Crippen LogP contribution < -0.4 is 10.5 Å². The second-order valence-electron chi connectivity index (χ2n) is 8.65. The molecule has 31 heavy (non-hydrogen) atoms. The Morgan fingerprint density at radius 2 is 1.55 bits per heavy atom. The van der Waals surface area contributed by atoms with Crippen LogP contribution in [0.1, 0.15) is 74.7 Å². The summed E-state index contributed by atoms with van der Waals surface area (Å²) >= 11 is 0. The van der Waals surface area contributed by atoms with Crippen LogP contribution in [0.4, 0.5) is 0 Å². The van der Waals surface area contributed by atoms with E-state index < -0.39 is 5.91 Å². The second-order valence-corrected chi connectivity index (χ2v) is 8.65. The van der Waals surface area contributed by atoms with Crippen molar-refractivity contribution in [2.24, 2.45) is 5.73 Å². The number of nitrogens with two attached hydrogens (primary N) is 1. The fourth-order valence-electron chi connectivity index (χ4n) is 4.86.